The molecule has 1 amide bonds. The Morgan fingerprint density at radius 3 is 2.76 bits per heavy atom. The Bertz CT molecular complexity index is 487. The number of aliphatic hydroxyl groups excluding tert-OH is 1. The van der Waals surface area contributed by atoms with Crippen LogP contribution in [0.15, 0.2) is 6.20 Å². The van der Waals surface area contributed by atoms with Gasteiger partial charge in [-0.15, -0.1) is 0 Å². The van der Waals surface area contributed by atoms with Crippen LogP contribution in [0, 0.1) is 6.92 Å². The maximum atomic E-state index is 11.5. The second-order valence-electron chi connectivity index (χ2n) is 4.09. The van der Waals surface area contributed by atoms with Gasteiger partial charge in [-0.25, -0.2) is 9.97 Å². The lowest BCUT2D eigenvalue weighted by molar-refractivity contribution is -0.117. The zero-order chi connectivity index (χ0) is 12.6. The molecule has 0 aromatic carbocycles. The van der Waals surface area contributed by atoms with Crippen LogP contribution in [-0.4, -0.2) is 39.4 Å². The summed E-state index contributed by atoms with van der Waals surface area (Å²) in [6.45, 7) is 3.34. The van der Waals surface area contributed by atoms with Crippen LogP contribution < -0.4 is 4.90 Å². The van der Waals surface area contributed by atoms with Gasteiger partial charge in [-0.3, -0.25) is 14.5 Å². The van der Waals surface area contributed by atoms with Gasteiger partial charge in [0.25, 0.3) is 0 Å². The summed E-state index contributed by atoms with van der Waals surface area (Å²) in [5.41, 5.74) is 0.984. The maximum Gasteiger partial charge on any atom is 0.232 e. The summed E-state index contributed by atoms with van der Waals surface area (Å²) < 4.78 is 0. The van der Waals surface area contributed by atoms with E-state index in [4.69, 9.17) is 0 Å². The Morgan fingerprint density at radius 2 is 2.29 bits per heavy atom. The van der Waals surface area contributed by atoms with Crippen LogP contribution in [0.25, 0.3) is 0 Å². The first-order valence-electron chi connectivity index (χ1n) is 5.32. The van der Waals surface area contributed by atoms with Gasteiger partial charge in [0.2, 0.25) is 11.9 Å². The smallest absolute Gasteiger partial charge is 0.232 e. The van der Waals surface area contributed by atoms with E-state index in [0.717, 1.165) is 0 Å². The molecule has 90 valence electrons. The van der Waals surface area contributed by atoms with Crippen LogP contribution >= 0.6 is 0 Å². The van der Waals surface area contributed by atoms with Crippen molar-refractivity contribution in [2.45, 2.75) is 26.4 Å². The third-order valence-corrected chi connectivity index (χ3v) is 2.69. The van der Waals surface area contributed by atoms with Gasteiger partial charge in [0, 0.05) is 6.20 Å². The summed E-state index contributed by atoms with van der Waals surface area (Å²) in [7, 11) is 0. The van der Waals surface area contributed by atoms with Crippen LogP contribution in [0.1, 0.15) is 29.4 Å². The SMILES string of the molecule is CC(=O)c1cnc(N2CC(O)CC2=O)nc1C. The highest BCUT2D eigenvalue weighted by atomic mass is 16.3. The number of aryl methyl sites for hydroxylation is 1. The second kappa shape index (κ2) is 4.21. The van der Waals surface area contributed by atoms with Crippen LogP contribution in [-0.2, 0) is 4.79 Å². The minimum Gasteiger partial charge on any atom is -0.391 e. The lowest BCUT2D eigenvalue weighted by atomic mass is 10.2. The predicted molar refractivity (Wildman–Crippen MR) is 59.8 cm³/mol. The predicted octanol–water partition coefficient (Wildman–Crippen LogP) is 0.0852. The Labute approximate surface area is 98.3 Å². The van der Waals surface area contributed by atoms with Crippen LogP contribution in [0.5, 0.6) is 0 Å². The number of anilines is 1. The monoisotopic (exact) mass is 235 g/mol. The third-order valence-electron chi connectivity index (χ3n) is 2.69. The van der Waals surface area contributed by atoms with Crippen molar-refractivity contribution in [3.63, 3.8) is 0 Å². The molecule has 1 atom stereocenters. The molecule has 0 bridgehead atoms. The highest BCUT2D eigenvalue weighted by Crippen LogP contribution is 2.18. The average Bonchev–Trinajstić information content (AvgIpc) is 2.57. The fraction of sp³-hybridized carbons (Fsp3) is 0.455. The van der Waals surface area contributed by atoms with E-state index in [1.165, 1.54) is 18.0 Å². The average molecular weight is 235 g/mol. The Hall–Kier alpha value is -1.82. The summed E-state index contributed by atoms with van der Waals surface area (Å²) in [5, 5.41) is 9.37. The molecule has 0 radical (unpaired) electrons. The summed E-state index contributed by atoms with van der Waals surface area (Å²) in [6, 6.07) is 0. The molecule has 1 fully saturated rings. The van der Waals surface area contributed by atoms with Gasteiger partial charge in [-0.2, -0.15) is 0 Å². The number of hydrogen-bond donors (Lipinski definition) is 1. The van der Waals surface area contributed by atoms with E-state index in [1.807, 2.05) is 0 Å². The molecule has 0 saturated carbocycles. The van der Waals surface area contributed by atoms with Crippen LogP contribution in [0.4, 0.5) is 5.95 Å². The first-order valence-corrected chi connectivity index (χ1v) is 5.32. The summed E-state index contributed by atoms with van der Waals surface area (Å²) in [5.74, 6) is -0.0663. The van der Waals surface area contributed by atoms with E-state index in [0.29, 0.717) is 11.3 Å². The van der Waals surface area contributed by atoms with Gasteiger partial charge in [-0.05, 0) is 13.8 Å². The molecule has 17 heavy (non-hydrogen) atoms. The van der Waals surface area contributed by atoms with Crippen molar-refractivity contribution in [1.29, 1.82) is 0 Å². The number of β-amino-alcohol motifs (C(OH)–C–C–N with tert-alkyl or cyclic N) is 1. The molecule has 6 heteroatoms. The van der Waals surface area contributed by atoms with E-state index in [2.05, 4.69) is 9.97 Å². The fourth-order valence-corrected chi connectivity index (χ4v) is 1.81. The van der Waals surface area contributed by atoms with Gasteiger partial charge >= 0.3 is 0 Å². The maximum absolute atomic E-state index is 11.5. The number of Topliss-reactive ketones (excluding diaryl/α,β-unsaturated/α-hetero) is 1. The number of carbonyl (C=O) groups is 2. The summed E-state index contributed by atoms with van der Waals surface area (Å²) in [4.78, 5) is 32.2. The lowest BCUT2D eigenvalue weighted by Crippen LogP contribution is -2.27. The number of carbonyl (C=O) groups excluding carboxylic acids is 2. The van der Waals surface area contributed by atoms with E-state index < -0.39 is 6.10 Å². The zero-order valence-corrected chi connectivity index (χ0v) is 9.67. The molecule has 2 rings (SSSR count). The Morgan fingerprint density at radius 1 is 1.59 bits per heavy atom. The van der Waals surface area contributed by atoms with Gasteiger partial charge in [0.05, 0.1) is 30.3 Å². The number of aliphatic hydroxyl groups is 1. The molecule has 0 aliphatic carbocycles. The van der Waals surface area contributed by atoms with Gasteiger partial charge in [0.15, 0.2) is 5.78 Å². The molecule has 0 spiro atoms. The minimum atomic E-state index is -0.668. The topological polar surface area (TPSA) is 83.4 Å². The van der Waals surface area contributed by atoms with Crippen molar-refractivity contribution in [2.24, 2.45) is 0 Å². The Balaban J connectivity index is 2.32. The third kappa shape index (κ3) is 2.16. The van der Waals surface area contributed by atoms with Crippen molar-refractivity contribution in [3.05, 3.63) is 17.5 Å². The number of nitrogens with zero attached hydrogens (tertiary/aromatic N) is 3. The van der Waals surface area contributed by atoms with Crippen LogP contribution in [0.2, 0.25) is 0 Å². The number of hydrogen-bond acceptors (Lipinski definition) is 5. The standard InChI is InChI=1S/C11H13N3O3/c1-6-9(7(2)15)4-12-11(13-6)14-5-8(16)3-10(14)17/h4,8,16H,3,5H2,1-2H3. The van der Waals surface area contributed by atoms with Crippen molar-refractivity contribution < 1.29 is 14.7 Å². The Kier molecular flexibility index (Phi) is 2.89. The first-order chi connectivity index (χ1) is 7.99. The normalized spacial score (nSPS) is 19.8. The minimum absolute atomic E-state index is 0.0941. The van der Waals surface area contributed by atoms with E-state index in [1.54, 1.807) is 6.92 Å². The van der Waals surface area contributed by atoms with Crippen molar-refractivity contribution in [1.82, 2.24) is 9.97 Å². The van der Waals surface area contributed by atoms with E-state index in [-0.39, 0.29) is 30.6 Å². The molecular weight excluding hydrogens is 222 g/mol. The molecule has 1 saturated heterocycles. The molecule has 1 aromatic heterocycles. The summed E-state index contributed by atoms with van der Waals surface area (Å²) in [6.07, 6.45) is 0.841. The number of ketones is 1. The van der Waals surface area contributed by atoms with Crippen molar-refractivity contribution in [2.75, 3.05) is 11.4 Å². The van der Waals surface area contributed by atoms with Crippen LogP contribution in [0.3, 0.4) is 0 Å². The highest BCUT2D eigenvalue weighted by Gasteiger charge is 2.31. The molecule has 1 aromatic rings. The van der Waals surface area contributed by atoms with Crippen molar-refractivity contribution in [3.8, 4) is 0 Å². The van der Waals surface area contributed by atoms with Gasteiger partial charge in [0.1, 0.15) is 0 Å². The van der Waals surface area contributed by atoms with E-state index >= 15 is 0 Å². The number of rotatable bonds is 2. The molecule has 6 nitrogen and oxygen atoms in total. The fourth-order valence-electron chi connectivity index (χ4n) is 1.81. The number of amides is 1. The largest absolute Gasteiger partial charge is 0.391 e. The zero-order valence-electron chi connectivity index (χ0n) is 9.67. The van der Waals surface area contributed by atoms with Gasteiger partial charge < -0.3 is 5.11 Å². The quantitative estimate of drug-likeness (QED) is 0.734. The molecule has 2 heterocycles. The molecule has 1 unspecified atom stereocenters. The first kappa shape index (κ1) is 11.7. The van der Waals surface area contributed by atoms with Gasteiger partial charge in [-0.1, -0.05) is 0 Å². The van der Waals surface area contributed by atoms with Crippen molar-refractivity contribution >= 4 is 17.6 Å². The number of aromatic nitrogens is 2. The molecule has 1 aliphatic rings. The lowest BCUT2D eigenvalue weighted by Gasteiger charge is -2.14. The molecule has 1 aliphatic heterocycles. The molecule has 1 N–H and O–H groups in total. The second-order valence-corrected chi connectivity index (χ2v) is 4.09. The van der Waals surface area contributed by atoms with E-state index in [9.17, 15) is 14.7 Å². The highest BCUT2D eigenvalue weighted by molar-refractivity contribution is 5.96. The summed E-state index contributed by atoms with van der Waals surface area (Å²) >= 11 is 0. The molecular formula is C11H13N3O3.